The van der Waals surface area contributed by atoms with E-state index in [1.54, 1.807) is 0 Å². The summed E-state index contributed by atoms with van der Waals surface area (Å²) >= 11 is 0. The van der Waals surface area contributed by atoms with Gasteiger partial charge in [0.1, 0.15) is 0 Å². The molecule has 0 bridgehead atoms. The highest BCUT2D eigenvalue weighted by Gasteiger charge is 2.31. The molecule has 1 rings (SSSR count). The second-order valence-electron chi connectivity index (χ2n) is 7.60. The van der Waals surface area contributed by atoms with Crippen LogP contribution in [0.2, 0.25) is 0 Å². The maximum Gasteiger partial charge on any atom is 0.332 e. The number of rotatable bonds is 8. The zero-order valence-electron chi connectivity index (χ0n) is 14.2. The summed E-state index contributed by atoms with van der Waals surface area (Å²) in [5.41, 5.74) is 0. The number of carbonyl (C=O) groups is 1. The molecule has 1 saturated carbocycles. The molecule has 21 heavy (non-hydrogen) atoms. The molecule has 0 radical (unpaired) electrons. The van der Waals surface area contributed by atoms with Crippen LogP contribution in [0.1, 0.15) is 72.6 Å². The number of aliphatic hydroxyl groups is 1. The maximum atomic E-state index is 10.8. The van der Waals surface area contributed by atoms with Crippen molar-refractivity contribution in [3.05, 3.63) is 0 Å². The summed E-state index contributed by atoms with van der Waals surface area (Å²) in [6.45, 7) is 9.14. The first kappa shape index (κ1) is 18.5. The minimum absolute atomic E-state index is 0.366. The van der Waals surface area contributed by atoms with Gasteiger partial charge in [-0.1, -0.05) is 47.0 Å². The molecule has 124 valence electrons. The molecule has 0 amide bonds. The van der Waals surface area contributed by atoms with Crippen LogP contribution in [0.15, 0.2) is 0 Å². The Labute approximate surface area is 130 Å². The van der Waals surface area contributed by atoms with Crippen LogP contribution in [0, 0.1) is 29.6 Å². The Kier molecular flexibility index (Phi) is 7.72. The van der Waals surface area contributed by atoms with Gasteiger partial charge in [0.2, 0.25) is 0 Å². The summed E-state index contributed by atoms with van der Waals surface area (Å²) < 4.78 is 0. The molecule has 0 aromatic heterocycles. The first-order valence-electron chi connectivity index (χ1n) is 8.74. The van der Waals surface area contributed by atoms with Gasteiger partial charge in [-0.2, -0.15) is 0 Å². The molecule has 0 heterocycles. The van der Waals surface area contributed by atoms with Crippen molar-refractivity contribution in [2.45, 2.75) is 78.7 Å². The monoisotopic (exact) mass is 298 g/mol. The smallest absolute Gasteiger partial charge is 0.332 e. The molecule has 1 aliphatic rings. The van der Waals surface area contributed by atoms with Crippen LogP contribution in [0.5, 0.6) is 0 Å². The highest BCUT2D eigenvalue weighted by atomic mass is 16.4. The summed E-state index contributed by atoms with van der Waals surface area (Å²) in [5.74, 6) is 2.10. The largest absolute Gasteiger partial charge is 0.479 e. The Morgan fingerprint density at radius 1 is 1.19 bits per heavy atom. The van der Waals surface area contributed by atoms with E-state index in [0.717, 1.165) is 18.3 Å². The number of hydrogen-bond acceptors (Lipinski definition) is 2. The Morgan fingerprint density at radius 3 is 2.43 bits per heavy atom. The summed E-state index contributed by atoms with van der Waals surface area (Å²) in [4.78, 5) is 10.8. The van der Waals surface area contributed by atoms with E-state index < -0.39 is 12.1 Å². The molecule has 2 N–H and O–H groups in total. The van der Waals surface area contributed by atoms with Gasteiger partial charge in [0, 0.05) is 0 Å². The molecule has 0 spiro atoms. The van der Waals surface area contributed by atoms with Crippen LogP contribution in [0.4, 0.5) is 0 Å². The van der Waals surface area contributed by atoms with E-state index in [9.17, 15) is 9.90 Å². The van der Waals surface area contributed by atoms with Crippen molar-refractivity contribution >= 4 is 5.97 Å². The second-order valence-corrected chi connectivity index (χ2v) is 7.60. The molecule has 3 nitrogen and oxygen atoms in total. The lowest BCUT2D eigenvalue weighted by atomic mass is 9.70. The maximum absolute atomic E-state index is 10.8. The number of carboxylic acid groups (broad SMARTS) is 1. The van der Waals surface area contributed by atoms with Crippen molar-refractivity contribution in [1.29, 1.82) is 0 Å². The van der Waals surface area contributed by atoms with E-state index in [0.29, 0.717) is 24.2 Å². The van der Waals surface area contributed by atoms with E-state index in [1.807, 2.05) is 0 Å². The molecule has 6 atom stereocenters. The van der Waals surface area contributed by atoms with Gasteiger partial charge in [0.25, 0.3) is 0 Å². The molecule has 0 aliphatic heterocycles. The molecule has 3 unspecified atom stereocenters. The third-order valence-corrected chi connectivity index (χ3v) is 5.52. The lowest BCUT2D eigenvalue weighted by Gasteiger charge is -2.36. The number of aliphatic carboxylic acids is 1. The predicted molar refractivity (Wildman–Crippen MR) is 86.1 cm³/mol. The van der Waals surface area contributed by atoms with Crippen molar-refractivity contribution in [3.8, 4) is 0 Å². The van der Waals surface area contributed by atoms with Gasteiger partial charge in [0.15, 0.2) is 6.10 Å². The van der Waals surface area contributed by atoms with E-state index in [2.05, 4.69) is 27.7 Å². The fourth-order valence-corrected chi connectivity index (χ4v) is 3.96. The van der Waals surface area contributed by atoms with Crippen molar-refractivity contribution < 1.29 is 15.0 Å². The minimum Gasteiger partial charge on any atom is -0.479 e. The topological polar surface area (TPSA) is 57.5 Å². The molecule has 0 aromatic carbocycles. The van der Waals surface area contributed by atoms with Crippen molar-refractivity contribution in [2.75, 3.05) is 0 Å². The highest BCUT2D eigenvalue weighted by molar-refractivity contribution is 5.71. The molecular formula is C18H34O3. The Hall–Kier alpha value is -0.570. The third-order valence-electron chi connectivity index (χ3n) is 5.52. The lowest BCUT2D eigenvalue weighted by Crippen LogP contribution is -2.30. The first-order chi connectivity index (χ1) is 9.83. The van der Waals surface area contributed by atoms with Crippen LogP contribution in [-0.2, 0) is 4.79 Å². The Bertz CT molecular complexity index is 316. The van der Waals surface area contributed by atoms with Crippen LogP contribution in [0.3, 0.4) is 0 Å². The van der Waals surface area contributed by atoms with E-state index >= 15 is 0 Å². The fourth-order valence-electron chi connectivity index (χ4n) is 3.96. The summed E-state index contributed by atoms with van der Waals surface area (Å²) in [6, 6.07) is 0. The number of carboxylic acids is 1. The van der Waals surface area contributed by atoms with Gasteiger partial charge in [-0.3, -0.25) is 0 Å². The van der Waals surface area contributed by atoms with Gasteiger partial charge in [-0.25, -0.2) is 4.79 Å². The first-order valence-corrected chi connectivity index (χ1v) is 8.74. The molecule has 1 aliphatic carbocycles. The van der Waals surface area contributed by atoms with Crippen LogP contribution in [-0.4, -0.2) is 22.3 Å². The summed E-state index contributed by atoms with van der Waals surface area (Å²) in [7, 11) is 0. The van der Waals surface area contributed by atoms with Crippen LogP contribution in [0.25, 0.3) is 0 Å². The summed E-state index contributed by atoms with van der Waals surface area (Å²) in [6.07, 6.45) is 6.59. The van der Waals surface area contributed by atoms with E-state index in [1.165, 1.54) is 32.1 Å². The molecule has 3 heteroatoms. The van der Waals surface area contributed by atoms with Crippen LogP contribution >= 0.6 is 0 Å². The lowest BCUT2D eigenvalue weighted by molar-refractivity contribution is -0.148. The number of aliphatic hydroxyl groups excluding tert-OH is 1. The average Bonchev–Trinajstić information content (AvgIpc) is 2.42. The van der Waals surface area contributed by atoms with E-state index in [4.69, 9.17) is 5.11 Å². The van der Waals surface area contributed by atoms with Gasteiger partial charge in [-0.05, 0) is 55.3 Å². The fraction of sp³-hybridized carbons (Fsp3) is 0.944. The van der Waals surface area contributed by atoms with Gasteiger partial charge in [-0.15, -0.1) is 0 Å². The highest BCUT2D eigenvalue weighted by Crippen LogP contribution is 2.39. The predicted octanol–water partition coefficient (Wildman–Crippen LogP) is 4.34. The van der Waals surface area contributed by atoms with Gasteiger partial charge in [0.05, 0.1) is 0 Å². The molecule has 1 fully saturated rings. The zero-order valence-corrected chi connectivity index (χ0v) is 14.2. The Balaban J connectivity index is 2.45. The van der Waals surface area contributed by atoms with Crippen molar-refractivity contribution in [3.63, 3.8) is 0 Å². The number of hydrogen-bond donors (Lipinski definition) is 2. The molecule has 0 saturated heterocycles. The SMILES string of the molecule is CCC(C)CC(C)CC1CC[C@H](C)[C@H](C[C@@H](O)C(=O)O)C1. The standard InChI is InChI=1S/C18H34O3/c1-5-12(2)8-13(3)9-15-7-6-14(4)16(10-15)11-17(19)18(20)21/h12-17,19H,5-11H2,1-4H3,(H,20,21)/t12?,13?,14-,15?,16-,17+/m0/s1. The van der Waals surface area contributed by atoms with Crippen LogP contribution < -0.4 is 0 Å². The second kappa shape index (κ2) is 8.77. The van der Waals surface area contributed by atoms with E-state index in [-0.39, 0.29) is 0 Å². The van der Waals surface area contributed by atoms with Crippen molar-refractivity contribution in [1.82, 2.24) is 0 Å². The molecular weight excluding hydrogens is 264 g/mol. The quantitative estimate of drug-likeness (QED) is 0.701. The molecule has 0 aromatic rings. The van der Waals surface area contributed by atoms with Gasteiger partial charge < -0.3 is 10.2 Å². The third kappa shape index (κ3) is 6.37. The zero-order chi connectivity index (χ0) is 16.0. The van der Waals surface area contributed by atoms with Crippen molar-refractivity contribution in [2.24, 2.45) is 29.6 Å². The van der Waals surface area contributed by atoms with Gasteiger partial charge >= 0.3 is 5.97 Å². The summed E-state index contributed by atoms with van der Waals surface area (Å²) in [5, 5.41) is 18.5. The normalized spacial score (nSPS) is 30.6. The minimum atomic E-state index is -1.19. The average molecular weight is 298 g/mol. The Morgan fingerprint density at radius 2 is 1.86 bits per heavy atom.